The molecule has 0 radical (unpaired) electrons. The highest BCUT2D eigenvalue weighted by molar-refractivity contribution is 7.12. The minimum Gasteiger partial charge on any atom is -0.493 e. The maximum atomic E-state index is 12.6. The standard InChI is InChI=1S/C28H29N3O4S/c1-33-25-15-20(16-26(34-2)27(25)35-3)30-17-22-13-12-21(36-22)14-18-8-10-19(11-9-18)28(32)31-24-7-5-4-6-23(24)29/h4-13,15-16,30H,14,17,29H2,1-3H3,(H,31,32). The van der Waals surface area contributed by atoms with Gasteiger partial charge in [0.1, 0.15) is 0 Å². The van der Waals surface area contributed by atoms with Gasteiger partial charge < -0.3 is 30.6 Å². The molecule has 0 aliphatic carbocycles. The van der Waals surface area contributed by atoms with E-state index in [-0.39, 0.29) is 5.91 Å². The third-order valence-corrected chi connectivity index (χ3v) is 6.74. The summed E-state index contributed by atoms with van der Waals surface area (Å²) < 4.78 is 16.2. The Balaban J connectivity index is 1.35. The quantitative estimate of drug-likeness (QED) is 0.236. The predicted octanol–water partition coefficient (Wildman–Crippen LogP) is 5.81. The van der Waals surface area contributed by atoms with Crippen LogP contribution in [0.3, 0.4) is 0 Å². The van der Waals surface area contributed by atoms with Crippen molar-refractivity contribution in [3.05, 3.63) is 93.7 Å². The van der Waals surface area contributed by atoms with Crippen molar-refractivity contribution in [1.29, 1.82) is 0 Å². The zero-order chi connectivity index (χ0) is 25.5. The number of para-hydroxylation sites is 2. The first-order valence-electron chi connectivity index (χ1n) is 11.4. The van der Waals surface area contributed by atoms with E-state index >= 15 is 0 Å². The van der Waals surface area contributed by atoms with E-state index in [1.165, 1.54) is 9.75 Å². The number of nitrogens with two attached hydrogens (primary N) is 1. The monoisotopic (exact) mass is 503 g/mol. The van der Waals surface area contributed by atoms with Crippen LogP contribution in [-0.2, 0) is 13.0 Å². The summed E-state index contributed by atoms with van der Waals surface area (Å²) in [5, 5.41) is 6.28. The van der Waals surface area contributed by atoms with Crippen molar-refractivity contribution < 1.29 is 19.0 Å². The van der Waals surface area contributed by atoms with Crippen molar-refractivity contribution in [2.75, 3.05) is 37.7 Å². The number of carbonyl (C=O) groups excluding carboxylic acids is 1. The number of rotatable bonds is 10. The van der Waals surface area contributed by atoms with E-state index in [0.717, 1.165) is 17.7 Å². The summed E-state index contributed by atoms with van der Waals surface area (Å²) in [6, 6.07) is 22.9. The molecule has 7 nitrogen and oxygen atoms in total. The van der Waals surface area contributed by atoms with Gasteiger partial charge in [-0.1, -0.05) is 24.3 Å². The van der Waals surface area contributed by atoms with Gasteiger partial charge in [-0.15, -0.1) is 11.3 Å². The normalized spacial score (nSPS) is 10.5. The molecular formula is C28H29N3O4S. The van der Waals surface area contributed by atoms with Crippen LogP contribution in [0.2, 0.25) is 0 Å². The highest BCUT2D eigenvalue weighted by atomic mass is 32.1. The average molecular weight is 504 g/mol. The lowest BCUT2D eigenvalue weighted by Gasteiger charge is -2.14. The van der Waals surface area contributed by atoms with Crippen molar-refractivity contribution >= 4 is 34.3 Å². The van der Waals surface area contributed by atoms with Gasteiger partial charge in [0.25, 0.3) is 5.91 Å². The zero-order valence-electron chi connectivity index (χ0n) is 20.5. The summed E-state index contributed by atoms with van der Waals surface area (Å²) in [5.74, 6) is 1.60. The van der Waals surface area contributed by atoms with Gasteiger partial charge in [-0.25, -0.2) is 0 Å². The topological polar surface area (TPSA) is 94.8 Å². The van der Waals surface area contributed by atoms with Crippen LogP contribution in [0.5, 0.6) is 17.2 Å². The van der Waals surface area contributed by atoms with Crippen molar-refractivity contribution in [3.63, 3.8) is 0 Å². The number of hydrogen-bond acceptors (Lipinski definition) is 7. The molecular weight excluding hydrogens is 474 g/mol. The summed E-state index contributed by atoms with van der Waals surface area (Å²) in [6.45, 7) is 0.672. The molecule has 0 spiro atoms. The van der Waals surface area contributed by atoms with Gasteiger partial charge in [0.05, 0.1) is 32.7 Å². The first-order chi connectivity index (χ1) is 17.5. The number of ether oxygens (including phenoxy) is 3. The molecule has 0 saturated heterocycles. The lowest BCUT2D eigenvalue weighted by atomic mass is 10.1. The Kier molecular flexibility index (Phi) is 7.97. The van der Waals surface area contributed by atoms with Gasteiger partial charge >= 0.3 is 0 Å². The summed E-state index contributed by atoms with van der Waals surface area (Å²) in [7, 11) is 4.79. The molecule has 0 aliphatic heterocycles. The maximum absolute atomic E-state index is 12.6. The van der Waals surface area contributed by atoms with Crippen molar-refractivity contribution in [2.24, 2.45) is 0 Å². The molecule has 1 heterocycles. The maximum Gasteiger partial charge on any atom is 0.255 e. The van der Waals surface area contributed by atoms with E-state index in [4.69, 9.17) is 19.9 Å². The fraction of sp³-hybridized carbons (Fsp3) is 0.179. The summed E-state index contributed by atoms with van der Waals surface area (Å²) >= 11 is 1.75. The molecule has 4 N–H and O–H groups in total. The summed E-state index contributed by atoms with van der Waals surface area (Å²) in [4.78, 5) is 15.0. The van der Waals surface area contributed by atoms with E-state index in [0.29, 0.717) is 40.7 Å². The van der Waals surface area contributed by atoms with Crippen LogP contribution in [-0.4, -0.2) is 27.2 Å². The third-order valence-electron chi connectivity index (χ3n) is 5.65. The number of nitrogen functional groups attached to an aromatic ring is 1. The van der Waals surface area contributed by atoms with Gasteiger partial charge in [-0.05, 0) is 42.0 Å². The Labute approximate surface area is 214 Å². The first kappa shape index (κ1) is 24.9. The van der Waals surface area contributed by atoms with Crippen LogP contribution < -0.4 is 30.6 Å². The number of thiophene rings is 1. The average Bonchev–Trinajstić information content (AvgIpc) is 3.35. The number of carbonyl (C=O) groups is 1. The molecule has 0 atom stereocenters. The SMILES string of the molecule is COc1cc(NCc2ccc(Cc3ccc(C(=O)Nc4ccccc4N)cc3)s2)cc(OC)c1OC. The second-order valence-corrected chi connectivity index (χ2v) is 9.30. The molecule has 0 fully saturated rings. The van der Waals surface area contributed by atoms with Crippen LogP contribution in [0.25, 0.3) is 0 Å². The van der Waals surface area contributed by atoms with Crippen LogP contribution in [0.15, 0.2) is 72.8 Å². The Morgan fingerprint density at radius 1 is 0.861 bits per heavy atom. The highest BCUT2D eigenvalue weighted by Crippen LogP contribution is 2.40. The third kappa shape index (κ3) is 5.90. The summed E-state index contributed by atoms with van der Waals surface area (Å²) in [5.41, 5.74) is 9.67. The van der Waals surface area contributed by atoms with Crippen molar-refractivity contribution in [1.82, 2.24) is 0 Å². The molecule has 3 aromatic carbocycles. The van der Waals surface area contributed by atoms with E-state index in [9.17, 15) is 4.79 Å². The highest BCUT2D eigenvalue weighted by Gasteiger charge is 2.13. The minimum absolute atomic E-state index is 0.185. The van der Waals surface area contributed by atoms with Gasteiger partial charge in [0.15, 0.2) is 11.5 Å². The molecule has 8 heteroatoms. The number of amides is 1. The molecule has 0 bridgehead atoms. The van der Waals surface area contributed by atoms with E-state index < -0.39 is 0 Å². The molecule has 186 valence electrons. The second-order valence-electron chi connectivity index (χ2n) is 8.05. The van der Waals surface area contributed by atoms with E-state index in [1.807, 2.05) is 48.5 Å². The smallest absolute Gasteiger partial charge is 0.255 e. The van der Waals surface area contributed by atoms with Gasteiger partial charge in [-0.3, -0.25) is 4.79 Å². The summed E-state index contributed by atoms with van der Waals surface area (Å²) in [6.07, 6.45) is 0.794. The van der Waals surface area contributed by atoms with Crippen LogP contribution in [0, 0.1) is 0 Å². The Hall–Kier alpha value is -4.17. The number of nitrogens with one attached hydrogen (secondary N) is 2. The van der Waals surface area contributed by atoms with Crippen molar-refractivity contribution in [3.8, 4) is 17.2 Å². The molecule has 1 amide bonds. The van der Waals surface area contributed by atoms with Crippen LogP contribution in [0.1, 0.15) is 25.7 Å². The number of hydrogen-bond donors (Lipinski definition) is 3. The van der Waals surface area contributed by atoms with E-state index in [2.05, 4.69) is 22.8 Å². The Morgan fingerprint density at radius 2 is 1.53 bits per heavy atom. The minimum atomic E-state index is -0.185. The number of anilines is 3. The Bertz CT molecular complexity index is 1310. The molecule has 4 aromatic rings. The molecule has 4 rings (SSSR count). The number of methoxy groups -OCH3 is 3. The fourth-order valence-corrected chi connectivity index (χ4v) is 4.76. The molecule has 1 aromatic heterocycles. The van der Waals surface area contributed by atoms with Gasteiger partial charge in [0.2, 0.25) is 5.75 Å². The number of benzene rings is 3. The Morgan fingerprint density at radius 3 is 2.17 bits per heavy atom. The molecule has 0 aliphatic rings. The zero-order valence-corrected chi connectivity index (χ0v) is 21.3. The predicted molar refractivity (Wildman–Crippen MR) is 146 cm³/mol. The first-order valence-corrected chi connectivity index (χ1v) is 12.2. The van der Waals surface area contributed by atoms with Crippen LogP contribution >= 0.6 is 11.3 Å². The molecule has 36 heavy (non-hydrogen) atoms. The molecule has 0 saturated carbocycles. The van der Waals surface area contributed by atoms with E-state index in [1.54, 1.807) is 44.8 Å². The van der Waals surface area contributed by atoms with Crippen LogP contribution in [0.4, 0.5) is 17.1 Å². The van der Waals surface area contributed by atoms with Gasteiger partial charge in [0, 0.05) is 46.1 Å². The lowest BCUT2D eigenvalue weighted by molar-refractivity contribution is 0.102. The second kappa shape index (κ2) is 11.5. The van der Waals surface area contributed by atoms with Crippen molar-refractivity contribution in [2.45, 2.75) is 13.0 Å². The fourth-order valence-electron chi connectivity index (χ4n) is 3.77. The molecule has 0 unspecified atom stereocenters. The van der Waals surface area contributed by atoms with Gasteiger partial charge in [-0.2, -0.15) is 0 Å². The largest absolute Gasteiger partial charge is 0.493 e. The lowest BCUT2D eigenvalue weighted by Crippen LogP contribution is -2.13.